The lowest BCUT2D eigenvalue weighted by molar-refractivity contribution is 0.321. The predicted octanol–water partition coefficient (Wildman–Crippen LogP) is 3.25. The summed E-state index contributed by atoms with van der Waals surface area (Å²) in [5, 5.41) is 16.0. The number of hydrogen-bond acceptors (Lipinski definition) is 3. The van der Waals surface area contributed by atoms with Crippen molar-refractivity contribution < 1.29 is 9.60 Å². The van der Waals surface area contributed by atoms with E-state index in [9.17, 15) is 4.39 Å². The standard InChI is InChI=1S/C14H16FN3O/c1-14(2,3)18-13(8-12(17-18)9-16-19)10-4-6-11(15)7-5-10/h4-9,19H,1-3H3/b16-9+. The van der Waals surface area contributed by atoms with Crippen LogP contribution in [-0.2, 0) is 5.54 Å². The van der Waals surface area contributed by atoms with E-state index in [4.69, 9.17) is 5.21 Å². The summed E-state index contributed by atoms with van der Waals surface area (Å²) >= 11 is 0. The molecule has 0 radical (unpaired) electrons. The van der Waals surface area contributed by atoms with Gasteiger partial charge in [0, 0.05) is 5.56 Å². The maximum Gasteiger partial charge on any atom is 0.123 e. The highest BCUT2D eigenvalue weighted by Gasteiger charge is 2.20. The van der Waals surface area contributed by atoms with Crippen LogP contribution in [0.3, 0.4) is 0 Å². The third kappa shape index (κ3) is 2.81. The number of rotatable bonds is 2. The molecule has 100 valence electrons. The second kappa shape index (κ2) is 4.84. The van der Waals surface area contributed by atoms with E-state index in [2.05, 4.69) is 10.3 Å². The van der Waals surface area contributed by atoms with Crippen LogP contribution in [0.2, 0.25) is 0 Å². The Labute approximate surface area is 111 Å². The van der Waals surface area contributed by atoms with Crippen molar-refractivity contribution in [1.82, 2.24) is 9.78 Å². The third-order valence-corrected chi connectivity index (χ3v) is 2.69. The molecule has 0 fully saturated rings. The van der Waals surface area contributed by atoms with E-state index in [1.807, 2.05) is 25.5 Å². The first-order valence-electron chi connectivity index (χ1n) is 5.96. The highest BCUT2D eigenvalue weighted by Crippen LogP contribution is 2.26. The molecule has 4 nitrogen and oxygen atoms in total. The lowest BCUT2D eigenvalue weighted by Gasteiger charge is -2.22. The second-order valence-corrected chi connectivity index (χ2v) is 5.29. The Hall–Kier alpha value is -2.17. The minimum atomic E-state index is -0.275. The predicted molar refractivity (Wildman–Crippen MR) is 72.0 cm³/mol. The van der Waals surface area contributed by atoms with Gasteiger partial charge in [-0.15, -0.1) is 0 Å². The fourth-order valence-corrected chi connectivity index (χ4v) is 1.86. The van der Waals surface area contributed by atoms with Gasteiger partial charge in [0.2, 0.25) is 0 Å². The maximum absolute atomic E-state index is 13.0. The fourth-order valence-electron chi connectivity index (χ4n) is 1.86. The van der Waals surface area contributed by atoms with Crippen LogP contribution >= 0.6 is 0 Å². The molecular weight excluding hydrogens is 245 g/mol. The van der Waals surface area contributed by atoms with Gasteiger partial charge in [-0.25, -0.2) is 4.39 Å². The molecule has 2 aromatic rings. The monoisotopic (exact) mass is 261 g/mol. The van der Waals surface area contributed by atoms with E-state index in [0.29, 0.717) is 5.69 Å². The van der Waals surface area contributed by atoms with Crippen LogP contribution in [0.25, 0.3) is 11.3 Å². The van der Waals surface area contributed by atoms with E-state index in [0.717, 1.165) is 11.3 Å². The van der Waals surface area contributed by atoms with Gasteiger partial charge < -0.3 is 5.21 Å². The molecule has 2 rings (SSSR count). The van der Waals surface area contributed by atoms with Crippen molar-refractivity contribution in [1.29, 1.82) is 0 Å². The molecule has 5 heteroatoms. The number of aromatic nitrogens is 2. The van der Waals surface area contributed by atoms with E-state index in [1.165, 1.54) is 18.3 Å². The number of benzene rings is 1. The Morgan fingerprint density at radius 3 is 2.42 bits per heavy atom. The van der Waals surface area contributed by atoms with Crippen LogP contribution in [0.15, 0.2) is 35.5 Å². The van der Waals surface area contributed by atoms with Gasteiger partial charge in [-0.2, -0.15) is 5.10 Å². The van der Waals surface area contributed by atoms with Crippen LogP contribution in [0.1, 0.15) is 26.5 Å². The van der Waals surface area contributed by atoms with Gasteiger partial charge in [0.25, 0.3) is 0 Å². The number of oxime groups is 1. The molecule has 1 heterocycles. The summed E-state index contributed by atoms with van der Waals surface area (Å²) in [7, 11) is 0. The van der Waals surface area contributed by atoms with Gasteiger partial charge in [-0.05, 0) is 51.1 Å². The normalized spacial score (nSPS) is 12.2. The molecule has 0 aliphatic carbocycles. The molecule has 0 saturated carbocycles. The van der Waals surface area contributed by atoms with Gasteiger partial charge in [0.15, 0.2) is 0 Å². The smallest absolute Gasteiger partial charge is 0.123 e. The zero-order chi connectivity index (χ0) is 14.0. The Balaban J connectivity index is 2.57. The van der Waals surface area contributed by atoms with Gasteiger partial charge in [-0.3, -0.25) is 4.68 Å². The zero-order valence-electron chi connectivity index (χ0n) is 11.1. The summed E-state index contributed by atoms with van der Waals surface area (Å²) in [5.41, 5.74) is 2.03. The van der Waals surface area contributed by atoms with Crippen molar-refractivity contribution in [2.24, 2.45) is 5.16 Å². The van der Waals surface area contributed by atoms with Crippen LogP contribution in [-0.4, -0.2) is 21.2 Å². The first-order valence-corrected chi connectivity index (χ1v) is 5.96. The van der Waals surface area contributed by atoms with Crippen LogP contribution in [0, 0.1) is 5.82 Å². The van der Waals surface area contributed by atoms with Crippen molar-refractivity contribution in [3.05, 3.63) is 41.8 Å². The van der Waals surface area contributed by atoms with Crippen LogP contribution < -0.4 is 0 Å². The highest BCUT2D eigenvalue weighted by molar-refractivity contribution is 5.79. The minimum Gasteiger partial charge on any atom is -0.411 e. The van der Waals surface area contributed by atoms with Gasteiger partial charge in [0.1, 0.15) is 11.5 Å². The molecule has 0 atom stereocenters. The Bertz CT molecular complexity index is 594. The Kier molecular flexibility index (Phi) is 3.38. The molecule has 0 aliphatic rings. The Morgan fingerprint density at radius 2 is 1.89 bits per heavy atom. The van der Waals surface area contributed by atoms with Crippen molar-refractivity contribution in [3.8, 4) is 11.3 Å². The number of hydrogen-bond donors (Lipinski definition) is 1. The lowest BCUT2D eigenvalue weighted by Crippen LogP contribution is -2.24. The molecule has 0 spiro atoms. The van der Waals surface area contributed by atoms with Crippen molar-refractivity contribution >= 4 is 6.21 Å². The first kappa shape index (κ1) is 13.3. The van der Waals surface area contributed by atoms with Crippen molar-refractivity contribution in [2.75, 3.05) is 0 Å². The SMILES string of the molecule is CC(C)(C)n1nc(/C=N/O)cc1-c1ccc(F)cc1. The largest absolute Gasteiger partial charge is 0.411 e. The average Bonchev–Trinajstić information content (AvgIpc) is 2.74. The quantitative estimate of drug-likeness (QED) is 0.512. The Morgan fingerprint density at radius 1 is 1.26 bits per heavy atom. The molecule has 1 aromatic carbocycles. The number of nitrogens with zero attached hydrogens (tertiary/aromatic N) is 3. The molecular formula is C14H16FN3O. The molecule has 19 heavy (non-hydrogen) atoms. The third-order valence-electron chi connectivity index (χ3n) is 2.69. The van der Waals surface area contributed by atoms with Gasteiger partial charge >= 0.3 is 0 Å². The van der Waals surface area contributed by atoms with E-state index < -0.39 is 0 Å². The lowest BCUT2D eigenvalue weighted by atomic mass is 10.1. The maximum atomic E-state index is 13.0. The van der Waals surface area contributed by atoms with Crippen molar-refractivity contribution in [3.63, 3.8) is 0 Å². The summed E-state index contributed by atoms with van der Waals surface area (Å²) in [6.45, 7) is 6.06. The second-order valence-electron chi connectivity index (χ2n) is 5.29. The minimum absolute atomic E-state index is 0.231. The van der Waals surface area contributed by atoms with Gasteiger partial charge in [-0.1, -0.05) is 5.16 Å². The summed E-state index contributed by atoms with van der Waals surface area (Å²) in [6, 6.07) is 8.03. The molecule has 0 saturated heterocycles. The van der Waals surface area contributed by atoms with E-state index in [1.54, 1.807) is 18.2 Å². The van der Waals surface area contributed by atoms with Gasteiger partial charge in [0.05, 0.1) is 17.4 Å². The molecule has 1 aromatic heterocycles. The topological polar surface area (TPSA) is 50.4 Å². The van der Waals surface area contributed by atoms with Crippen LogP contribution in [0.5, 0.6) is 0 Å². The molecule has 1 N–H and O–H groups in total. The zero-order valence-corrected chi connectivity index (χ0v) is 11.1. The molecule has 0 amide bonds. The summed E-state index contributed by atoms with van der Waals surface area (Å²) in [4.78, 5) is 0. The molecule has 0 aliphatic heterocycles. The fraction of sp³-hybridized carbons (Fsp3) is 0.286. The number of halogens is 1. The first-order chi connectivity index (χ1) is 8.91. The van der Waals surface area contributed by atoms with E-state index in [-0.39, 0.29) is 11.4 Å². The summed E-state index contributed by atoms with van der Waals surface area (Å²) in [5.74, 6) is -0.275. The van der Waals surface area contributed by atoms with Crippen LogP contribution in [0.4, 0.5) is 4.39 Å². The average molecular weight is 261 g/mol. The van der Waals surface area contributed by atoms with E-state index >= 15 is 0 Å². The highest BCUT2D eigenvalue weighted by atomic mass is 19.1. The molecule has 0 bridgehead atoms. The summed E-state index contributed by atoms with van der Waals surface area (Å²) < 4.78 is 14.8. The summed E-state index contributed by atoms with van der Waals surface area (Å²) in [6.07, 6.45) is 1.27. The molecule has 0 unspecified atom stereocenters. The van der Waals surface area contributed by atoms with Crippen molar-refractivity contribution in [2.45, 2.75) is 26.3 Å².